The fourth-order valence-corrected chi connectivity index (χ4v) is 7.87. The first-order valence-electron chi connectivity index (χ1n) is 22.7. The molecule has 13 heteroatoms. The number of esters is 1. The molecule has 0 aromatic rings. The van der Waals surface area contributed by atoms with Crippen LogP contribution in [-0.4, -0.2) is 98.9 Å². The van der Waals surface area contributed by atoms with Gasteiger partial charge in [-0.25, -0.2) is 4.57 Å². The first-order valence-corrected chi connectivity index (χ1v) is 24.2. The van der Waals surface area contributed by atoms with E-state index in [0.29, 0.717) is 13.0 Å². The molecule has 0 saturated heterocycles. The van der Waals surface area contributed by atoms with Crippen LogP contribution in [0.5, 0.6) is 0 Å². The molecule has 6 N–H and O–H groups in total. The van der Waals surface area contributed by atoms with Crippen LogP contribution < -0.4 is 0 Å². The predicted octanol–water partition coefficient (Wildman–Crippen LogP) is 8.92. The van der Waals surface area contributed by atoms with Crippen molar-refractivity contribution in [3.8, 4) is 0 Å². The summed E-state index contributed by atoms with van der Waals surface area (Å²) < 4.78 is 34.1. The Kier molecular flexibility index (Phi) is 33.6. The van der Waals surface area contributed by atoms with Crippen molar-refractivity contribution in [3.63, 3.8) is 0 Å². The molecule has 0 aliphatic heterocycles. The molecular weight excluding hydrogens is 751 g/mol. The van der Waals surface area contributed by atoms with Crippen LogP contribution in [0.1, 0.15) is 187 Å². The third kappa shape index (κ3) is 28.1. The molecule has 1 saturated carbocycles. The van der Waals surface area contributed by atoms with Crippen LogP contribution in [0.2, 0.25) is 0 Å². The zero-order chi connectivity index (χ0) is 42.0. The third-order valence-electron chi connectivity index (χ3n) is 10.6. The van der Waals surface area contributed by atoms with Gasteiger partial charge in [-0.05, 0) is 38.5 Å². The minimum absolute atomic E-state index is 0.0785. The number of phosphoric acid groups is 1. The lowest BCUT2D eigenvalue weighted by atomic mass is 9.85. The van der Waals surface area contributed by atoms with Crippen molar-refractivity contribution < 1.29 is 58.3 Å². The molecule has 336 valence electrons. The van der Waals surface area contributed by atoms with Crippen LogP contribution in [0.4, 0.5) is 0 Å². The lowest BCUT2D eigenvalue weighted by molar-refractivity contribution is -0.220. The summed E-state index contributed by atoms with van der Waals surface area (Å²) in [6.45, 7) is 4.21. The molecule has 12 nitrogen and oxygen atoms in total. The lowest BCUT2D eigenvalue weighted by Crippen LogP contribution is -2.64. The number of aliphatic hydroxyl groups is 5. The molecule has 0 aromatic heterocycles. The average molecular weight is 835 g/mol. The first kappa shape index (κ1) is 53.8. The summed E-state index contributed by atoms with van der Waals surface area (Å²) in [5.74, 6) is -0.489. The summed E-state index contributed by atoms with van der Waals surface area (Å²) in [7, 11) is -5.02. The van der Waals surface area contributed by atoms with E-state index >= 15 is 0 Å². The highest BCUT2D eigenvalue weighted by molar-refractivity contribution is 7.47. The molecule has 1 rings (SSSR count). The normalized spacial score (nSPS) is 23.0. The van der Waals surface area contributed by atoms with E-state index in [2.05, 4.69) is 38.2 Å². The summed E-state index contributed by atoms with van der Waals surface area (Å²) in [5, 5.41) is 50.1. The van der Waals surface area contributed by atoms with E-state index in [9.17, 15) is 39.8 Å². The van der Waals surface area contributed by atoms with Crippen LogP contribution in [0.25, 0.3) is 0 Å². The molecule has 6 unspecified atom stereocenters. The number of carbonyl (C=O) groups excluding carboxylic acids is 1. The quantitative estimate of drug-likeness (QED) is 0.0150. The SMILES string of the molecule is CCCC/C=C\C/C=C\CCCCCCCC(=O)OC(COCCCCCCCCCCCCCCCCCC)COP(=O)(O)OC1C(O)C(O)C(O)C(O)C1O. The number of phosphoric ester groups is 1. The molecule has 0 bridgehead atoms. The van der Waals surface area contributed by atoms with Gasteiger partial charge < -0.3 is 39.9 Å². The number of hydrogen-bond acceptors (Lipinski definition) is 11. The van der Waals surface area contributed by atoms with Crippen molar-refractivity contribution >= 4 is 13.8 Å². The minimum atomic E-state index is -5.02. The van der Waals surface area contributed by atoms with Crippen LogP contribution in [-0.2, 0) is 27.9 Å². The highest BCUT2D eigenvalue weighted by atomic mass is 31.2. The molecule has 57 heavy (non-hydrogen) atoms. The van der Waals surface area contributed by atoms with Crippen LogP contribution in [0.15, 0.2) is 24.3 Å². The molecule has 0 spiro atoms. The largest absolute Gasteiger partial charge is 0.472 e. The van der Waals surface area contributed by atoms with E-state index in [4.69, 9.17) is 18.5 Å². The summed E-state index contributed by atoms with van der Waals surface area (Å²) in [6.07, 6.45) is 26.7. The molecule has 6 atom stereocenters. The van der Waals surface area contributed by atoms with Gasteiger partial charge in [0.2, 0.25) is 0 Å². The number of unbranched alkanes of at least 4 members (excludes halogenated alkanes) is 22. The second-order valence-electron chi connectivity index (χ2n) is 15.9. The summed E-state index contributed by atoms with van der Waals surface area (Å²) in [5.41, 5.74) is 0. The second kappa shape index (κ2) is 35.6. The first-order chi connectivity index (χ1) is 27.5. The number of aliphatic hydroxyl groups excluding tert-OH is 5. The van der Waals surface area contributed by atoms with Gasteiger partial charge in [-0.2, -0.15) is 0 Å². The summed E-state index contributed by atoms with van der Waals surface area (Å²) >= 11 is 0. The minimum Gasteiger partial charge on any atom is -0.457 e. The fraction of sp³-hybridized carbons (Fsp3) is 0.886. The van der Waals surface area contributed by atoms with Gasteiger partial charge in [-0.1, -0.05) is 167 Å². The van der Waals surface area contributed by atoms with E-state index in [1.54, 1.807) is 0 Å². The van der Waals surface area contributed by atoms with E-state index in [1.165, 1.54) is 96.3 Å². The van der Waals surface area contributed by atoms with E-state index in [1.807, 2.05) is 0 Å². The highest BCUT2D eigenvalue weighted by Crippen LogP contribution is 2.47. The number of ether oxygens (including phenoxy) is 2. The van der Waals surface area contributed by atoms with Crippen molar-refractivity contribution in [1.29, 1.82) is 0 Å². The maximum Gasteiger partial charge on any atom is 0.472 e. The maximum atomic E-state index is 12.8. The number of allylic oxidation sites excluding steroid dienone is 4. The van der Waals surface area contributed by atoms with Gasteiger partial charge in [0.25, 0.3) is 0 Å². The van der Waals surface area contributed by atoms with Crippen molar-refractivity contribution in [1.82, 2.24) is 0 Å². The van der Waals surface area contributed by atoms with Gasteiger partial charge in [0.1, 0.15) is 42.7 Å². The van der Waals surface area contributed by atoms with Crippen LogP contribution in [0, 0.1) is 0 Å². The van der Waals surface area contributed by atoms with Gasteiger partial charge >= 0.3 is 13.8 Å². The molecule has 1 aliphatic carbocycles. The van der Waals surface area contributed by atoms with Gasteiger partial charge in [0.05, 0.1) is 13.2 Å². The number of carbonyl (C=O) groups is 1. The van der Waals surface area contributed by atoms with Crippen molar-refractivity contribution in [2.75, 3.05) is 19.8 Å². The van der Waals surface area contributed by atoms with Crippen LogP contribution in [0.3, 0.4) is 0 Å². The van der Waals surface area contributed by atoms with Crippen LogP contribution >= 0.6 is 7.82 Å². The molecular formula is C44H83O12P. The highest BCUT2D eigenvalue weighted by Gasteiger charge is 2.51. The fourth-order valence-electron chi connectivity index (χ4n) is 6.90. The Bertz CT molecular complexity index is 1040. The van der Waals surface area contributed by atoms with E-state index in [0.717, 1.165) is 64.2 Å². The molecule has 1 aliphatic rings. The standard InChI is InChI=1S/C44H83O12P/c1-3-5-7-9-11-13-15-17-19-20-22-24-26-28-30-32-34-53-35-37(36-54-57(51,52)56-44-42(49)40(47)39(46)41(48)43(44)50)55-38(45)33-31-29-27-25-23-21-18-16-14-12-10-8-6-4-2/h10,12,16,18,37,39-44,46-50H,3-9,11,13-15,17,19-36H2,1-2H3,(H,51,52)/b12-10-,18-16-. The van der Waals surface area contributed by atoms with Gasteiger partial charge in [-0.3, -0.25) is 13.8 Å². The Hall–Kier alpha value is -1.18. The van der Waals surface area contributed by atoms with Gasteiger partial charge in [0.15, 0.2) is 0 Å². The number of hydrogen-bond donors (Lipinski definition) is 6. The van der Waals surface area contributed by atoms with Gasteiger partial charge in [0, 0.05) is 13.0 Å². The molecule has 0 radical (unpaired) electrons. The average Bonchev–Trinajstić information content (AvgIpc) is 3.19. The maximum absolute atomic E-state index is 12.8. The summed E-state index contributed by atoms with van der Waals surface area (Å²) in [6, 6.07) is 0. The molecule has 0 heterocycles. The lowest BCUT2D eigenvalue weighted by Gasteiger charge is -2.41. The van der Waals surface area contributed by atoms with Gasteiger partial charge in [-0.15, -0.1) is 0 Å². The smallest absolute Gasteiger partial charge is 0.457 e. The molecule has 0 aromatic carbocycles. The van der Waals surface area contributed by atoms with Crippen molar-refractivity contribution in [3.05, 3.63) is 24.3 Å². The number of rotatable bonds is 38. The van der Waals surface area contributed by atoms with Crippen molar-refractivity contribution in [2.24, 2.45) is 0 Å². The predicted molar refractivity (Wildman–Crippen MR) is 226 cm³/mol. The zero-order valence-corrected chi connectivity index (χ0v) is 36.5. The van der Waals surface area contributed by atoms with E-state index < -0.39 is 63.1 Å². The third-order valence-corrected chi connectivity index (χ3v) is 11.6. The topological polar surface area (TPSA) is 192 Å². The Morgan fingerprint density at radius 3 is 1.53 bits per heavy atom. The Balaban J connectivity index is 2.41. The molecule has 1 fully saturated rings. The Labute approximate surface area is 345 Å². The zero-order valence-electron chi connectivity index (χ0n) is 35.6. The Morgan fingerprint density at radius 1 is 0.561 bits per heavy atom. The second-order valence-corrected chi connectivity index (χ2v) is 17.3. The summed E-state index contributed by atoms with van der Waals surface area (Å²) in [4.78, 5) is 23.1. The van der Waals surface area contributed by atoms with Crippen molar-refractivity contribution in [2.45, 2.75) is 230 Å². The monoisotopic (exact) mass is 835 g/mol. The Morgan fingerprint density at radius 2 is 1.00 bits per heavy atom. The molecule has 0 amide bonds. The van der Waals surface area contributed by atoms with E-state index in [-0.39, 0.29) is 13.0 Å².